The summed E-state index contributed by atoms with van der Waals surface area (Å²) in [6.07, 6.45) is 3.88. The summed E-state index contributed by atoms with van der Waals surface area (Å²) in [5.74, 6) is 0.202. The second-order valence-electron chi connectivity index (χ2n) is 7.24. The maximum atomic E-state index is 12.2. The molecule has 1 unspecified atom stereocenters. The van der Waals surface area contributed by atoms with Gasteiger partial charge in [-0.1, -0.05) is 34.1 Å². The van der Waals surface area contributed by atoms with Gasteiger partial charge in [0.25, 0.3) is 0 Å². The van der Waals surface area contributed by atoms with Crippen LogP contribution in [0.25, 0.3) is 0 Å². The third-order valence-electron chi connectivity index (χ3n) is 4.27. The summed E-state index contributed by atoms with van der Waals surface area (Å²) in [6, 6.07) is -0.388. The van der Waals surface area contributed by atoms with Crippen molar-refractivity contribution in [3.63, 3.8) is 0 Å². The van der Waals surface area contributed by atoms with E-state index in [1.807, 2.05) is 13.8 Å². The summed E-state index contributed by atoms with van der Waals surface area (Å²) in [5, 5.41) is 2.66. The molecule has 3 amide bonds. The molecule has 0 aliphatic carbocycles. The van der Waals surface area contributed by atoms with Crippen molar-refractivity contribution in [2.24, 2.45) is 17.8 Å². The number of carbonyl (C=O) groups is 3. The van der Waals surface area contributed by atoms with Crippen molar-refractivity contribution in [2.45, 2.75) is 59.8 Å². The fourth-order valence-corrected chi connectivity index (χ4v) is 2.86. The molecule has 6 heteroatoms. The van der Waals surface area contributed by atoms with E-state index in [0.29, 0.717) is 18.9 Å². The van der Waals surface area contributed by atoms with Crippen LogP contribution in [0.4, 0.5) is 4.79 Å². The first-order valence-corrected chi connectivity index (χ1v) is 9.07. The van der Waals surface area contributed by atoms with Gasteiger partial charge < -0.3 is 10.1 Å². The third-order valence-corrected chi connectivity index (χ3v) is 4.27. The molecular weight excluding hydrogens is 308 g/mol. The Labute approximate surface area is 145 Å². The molecule has 0 aromatic carbocycles. The van der Waals surface area contributed by atoms with Gasteiger partial charge in [-0.3, -0.25) is 14.5 Å². The maximum absolute atomic E-state index is 12.2. The molecule has 1 atom stereocenters. The van der Waals surface area contributed by atoms with Gasteiger partial charge in [0.05, 0.1) is 12.5 Å². The fraction of sp³-hybridized carbons (Fsp3) is 0.833. The number of hydrogen-bond donors (Lipinski definition) is 1. The topological polar surface area (TPSA) is 75.7 Å². The normalized spacial score (nSPS) is 16.9. The molecule has 1 fully saturated rings. The van der Waals surface area contributed by atoms with Gasteiger partial charge in [-0.2, -0.15) is 0 Å². The number of rotatable bonds is 7. The van der Waals surface area contributed by atoms with Gasteiger partial charge in [-0.15, -0.1) is 0 Å². The largest absolute Gasteiger partial charge is 0.464 e. The quantitative estimate of drug-likeness (QED) is 0.571. The van der Waals surface area contributed by atoms with E-state index in [4.69, 9.17) is 4.74 Å². The summed E-state index contributed by atoms with van der Waals surface area (Å²) in [6.45, 7) is 9.02. The molecule has 1 heterocycles. The highest BCUT2D eigenvalue weighted by atomic mass is 16.5. The fourth-order valence-electron chi connectivity index (χ4n) is 2.86. The average Bonchev–Trinajstić information content (AvgIpc) is 2.72. The number of likely N-dealkylation sites (tertiary alicyclic amines) is 1. The third kappa shape index (κ3) is 6.89. The lowest BCUT2D eigenvalue weighted by Crippen LogP contribution is -2.44. The molecule has 0 radical (unpaired) electrons. The molecule has 138 valence electrons. The summed E-state index contributed by atoms with van der Waals surface area (Å²) in [4.78, 5) is 37.3. The predicted octanol–water partition coefficient (Wildman–Crippen LogP) is 2.96. The Balaban J connectivity index is 2.34. The minimum atomic E-state index is -0.388. The first-order valence-electron chi connectivity index (χ1n) is 9.07. The van der Waals surface area contributed by atoms with E-state index in [1.165, 1.54) is 4.90 Å². The van der Waals surface area contributed by atoms with E-state index < -0.39 is 0 Å². The van der Waals surface area contributed by atoms with E-state index >= 15 is 0 Å². The lowest BCUT2D eigenvalue weighted by Gasteiger charge is -2.22. The summed E-state index contributed by atoms with van der Waals surface area (Å²) in [7, 11) is 0. The van der Waals surface area contributed by atoms with Crippen LogP contribution in [0.2, 0.25) is 0 Å². The van der Waals surface area contributed by atoms with Crippen LogP contribution >= 0.6 is 0 Å². The molecule has 0 aromatic heterocycles. The van der Waals surface area contributed by atoms with Gasteiger partial charge in [-0.05, 0) is 31.1 Å². The zero-order valence-electron chi connectivity index (χ0n) is 15.5. The number of amides is 3. The average molecular weight is 340 g/mol. The number of nitrogens with one attached hydrogen (secondary N) is 1. The minimum Gasteiger partial charge on any atom is -0.464 e. The predicted molar refractivity (Wildman–Crippen MR) is 92.3 cm³/mol. The molecule has 0 bridgehead atoms. The first-order chi connectivity index (χ1) is 11.3. The maximum Gasteiger partial charge on any atom is 0.324 e. The number of imide groups is 1. The standard InChI is InChI=1S/C18H32N2O4/c1-13(2)12-15(14(3)4)17(22)24-11-9-19-18(23)20-10-7-5-6-8-16(20)21/h13-15H,5-12H2,1-4H3,(H,19,23). The SMILES string of the molecule is CC(C)CC(C(=O)OCCNC(=O)N1CCCCCC1=O)C(C)C. The molecule has 6 nitrogen and oxygen atoms in total. The van der Waals surface area contributed by atoms with E-state index in [-0.39, 0.29) is 42.9 Å². The highest BCUT2D eigenvalue weighted by molar-refractivity contribution is 5.94. The van der Waals surface area contributed by atoms with E-state index in [1.54, 1.807) is 0 Å². The molecule has 0 aromatic rings. The van der Waals surface area contributed by atoms with Crippen molar-refractivity contribution in [1.29, 1.82) is 0 Å². The van der Waals surface area contributed by atoms with Crippen LogP contribution in [0, 0.1) is 17.8 Å². The Morgan fingerprint density at radius 2 is 1.88 bits per heavy atom. The number of urea groups is 1. The van der Waals surface area contributed by atoms with Gasteiger partial charge in [0.1, 0.15) is 6.61 Å². The molecule has 0 saturated carbocycles. The van der Waals surface area contributed by atoms with Crippen molar-refractivity contribution in [1.82, 2.24) is 10.2 Å². The van der Waals surface area contributed by atoms with Crippen LogP contribution in [0.3, 0.4) is 0 Å². The van der Waals surface area contributed by atoms with Crippen LogP contribution in [0.5, 0.6) is 0 Å². The zero-order chi connectivity index (χ0) is 18.1. The Morgan fingerprint density at radius 3 is 2.50 bits per heavy atom. The second-order valence-corrected chi connectivity index (χ2v) is 7.24. The van der Waals surface area contributed by atoms with Crippen LogP contribution in [-0.4, -0.2) is 42.5 Å². The molecule has 1 rings (SSSR count). The molecule has 1 N–H and O–H groups in total. The number of ether oxygens (including phenoxy) is 1. The summed E-state index contributed by atoms with van der Waals surface area (Å²) < 4.78 is 5.30. The summed E-state index contributed by atoms with van der Waals surface area (Å²) >= 11 is 0. The van der Waals surface area contributed by atoms with E-state index in [0.717, 1.165) is 25.7 Å². The number of nitrogens with zero attached hydrogens (tertiary/aromatic N) is 1. The van der Waals surface area contributed by atoms with Crippen LogP contribution in [0.15, 0.2) is 0 Å². The minimum absolute atomic E-state index is 0.118. The monoisotopic (exact) mass is 340 g/mol. The molecule has 1 aliphatic heterocycles. The van der Waals surface area contributed by atoms with Gasteiger partial charge >= 0.3 is 12.0 Å². The van der Waals surface area contributed by atoms with Crippen LogP contribution in [-0.2, 0) is 14.3 Å². The van der Waals surface area contributed by atoms with E-state index in [2.05, 4.69) is 19.2 Å². The van der Waals surface area contributed by atoms with Gasteiger partial charge in [0.15, 0.2) is 0 Å². The molecule has 24 heavy (non-hydrogen) atoms. The smallest absolute Gasteiger partial charge is 0.324 e. The second kappa shape index (κ2) is 10.3. The Bertz CT molecular complexity index is 435. The number of carbonyl (C=O) groups excluding carboxylic acids is 3. The summed E-state index contributed by atoms with van der Waals surface area (Å²) in [5.41, 5.74) is 0. The van der Waals surface area contributed by atoms with Crippen molar-refractivity contribution in [3.8, 4) is 0 Å². The van der Waals surface area contributed by atoms with Crippen molar-refractivity contribution in [2.75, 3.05) is 19.7 Å². The first kappa shape index (κ1) is 20.5. The zero-order valence-corrected chi connectivity index (χ0v) is 15.5. The highest BCUT2D eigenvalue weighted by Crippen LogP contribution is 2.21. The van der Waals surface area contributed by atoms with Crippen molar-refractivity contribution < 1.29 is 19.1 Å². The molecule has 0 spiro atoms. The lowest BCUT2D eigenvalue weighted by atomic mass is 9.88. The van der Waals surface area contributed by atoms with Crippen molar-refractivity contribution in [3.05, 3.63) is 0 Å². The van der Waals surface area contributed by atoms with Crippen molar-refractivity contribution >= 4 is 17.9 Å². The van der Waals surface area contributed by atoms with Crippen LogP contribution < -0.4 is 5.32 Å². The molecule has 1 aliphatic rings. The Morgan fingerprint density at radius 1 is 1.17 bits per heavy atom. The number of hydrogen-bond acceptors (Lipinski definition) is 4. The van der Waals surface area contributed by atoms with Gasteiger partial charge in [0, 0.05) is 13.0 Å². The van der Waals surface area contributed by atoms with Crippen LogP contribution in [0.1, 0.15) is 59.8 Å². The van der Waals surface area contributed by atoms with Gasteiger partial charge in [0.2, 0.25) is 5.91 Å². The highest BCUT2D eigenvalue weighted by Gasteiger charge is 2.25. The van der Waals surface area contributed by atoms with E-state index in [9.17, 15) is 14.4 Å². The Hall–Kier alpha value is -1.59. The molecular formula is C18H32N2O4. The number of esters is 1. The lowest BCUT2D eigenvalue weighted by molar-refractivity contribution is -0.150. The Kier molecular flexibility index (Phi) is 8.79. The molecule has 1 saturated heterocycles. The van der Waals surface area contributed by atoms with Gasteiger partial charge in [-0.25, -0.2) is 4.79 Å².